The van der Waals surface area contributed by atoms with Crippen molar-refractivity contribution < 1.29 is 9.53 Å². The molecule has 0 aliphatic carbocycles. The van der Waals surface area contributed by atoms with Crippen molar-refractivity contribution in [1.82, 2.24) is 0 Å². The molecule has 1 aromatic rings. The number of para-hydroxylation sites is 1. The predicted molar refractivity (Wildman–Crippen MR) is 82.3 cm³/mol. The van der Waals surface area contributed by atoms with Crippen LogP contribution in [0.1, 0.15) is 69.2 Å². The number of ketones is 1. The average Bonchev–Trinajstić information content (AvgIpc) is 2.47. The molecule has 1 aromatic carbocycles. The maximum atomic E-state index is 12.7. The number of fused-ring (bicyclic) bond motifs is 1. The summed E-state index contributed by atoms with van der Waals surface area (Å²) in [5.74, 6) is 1.13. The highest BCUT2D eigenvalue weighted by Gasteiger charge is 2.35. The molecule has 110 valence electrons. The van der Waals surface area contributed by atoms with Crippen molar-refractivity contribution in [1.29, 1.82) is 0 Å². The fraction of sp³-hybridized carbons (Fsp3) is 0.611. The minimum absolute atomic E-state index is 0.0571. The van der Waals surface area contributed by atoms with E-state index in [2.05, 4.69) is 13.8 Å². The van der Waals surface area contributed by atoms with Crippen molar-refractivity contribution in [2.24, 2.45) is 5.92 Å². The summed E-state index contributed by atoms with van der Waals surface area (Å²) in [5, 5.41) is 0. The number of hydrogen-bond donors (Lipinski definition) is 0. The van der Waals surface area contributed by atoms with E-state index in [0.717, 1.165) is 43.4 Å². The van der Waals surface area contributed by atoms with Gasteiger partial charge in [-0.05, 0) is 31.4 Å². The molecule has 0 fully saturated rings. The average molecular weight is 274 g/mol. The van der Waals surface area contributed by atoms with Crippen molar-refractivity contribution in [3.8, 4) is 5.75 Å². The van der Waals surface area contributed by atoms with E-state index >= 15 is 0 Å². The van der Waals surface area contributed by atoms with Crippen LogP contribution < -0.4 is 4.74 Å². The molecule has 0 bridgehead atoms. The summed E-state index contributed by atoms with van der Waals surface area (Å²) in [5.41, 5.74) is 0.778. The summed E-state index contributed by atoms with van der Waals surface area (Å²) >= 11 is 0. The quantitative estimate of drug-likeness (QED) is 0.653. The Labute approximate surface area is 122 Å². The van der Waals surface area contributed by atoms with Crippen LogP contribution in [-0.4, -0.2) is 11.9 Å². The van der Waals surface area contributed by atoms with E-state index in [1.54, 1.807) is 0 Å². The Morgan fingerprint density at radius 2 is 1.75 bits per heavy atom. The first-order valence-electron chi connectivity index (χ1n) is 8.07. The number of carbonyl (C=O) groups is 1. The molecular weight excluding hydrogens is 248 g/mol. The highest BCUT2D eigenvalue weighted by molar-refractivity contribution is 6.01. The molecule has 0 spiro atoms. The van der Waals surface area contributed by atoms with Crippen molar-refractivity contribution in [2.45, 2.75) is 64.9 Å². The molecule has 20 heavy (non-hydrogen) atoms. The second kappa shape index (κ2) is 7.47. The normalized spacial score (nSPS) is 21.4. The number of ether oxygens (including phenoxy) is 1. The third-order valence-corrected chi connectivity index (χ3v) is 4.18. The first-order chi connectivity index (χ1) is 9.77. The molecule has 2 rings (SSSR count). The van der Waals surface area contributed by atoms with Gasteiger partial charge in [-0.25, -0.2) is 0 Å². The van der Waals surface area contributed by atoms with Crippen LogP contribution in [0.5, 0.6) is 5.75 Å². The van der Waals surface area contributed by atoms with Gasteiger partial charge in [0.25, 0.3) is 0 Å². The van der Waals surface area contributed by atoms with Crippen LogP contribution in [0.2, 0.25) is 0 Å². The minimum atomic E-state index is 0.0571. The van der Waals surface area contributed by atoms with Gasteiger partial charge in [0, 0.05) is 0 Å². The molecule has 1 heterocycles. The zero-order chi connectivity index (χ0) is 14.4. The van der Waals surface area contributed by atoms with Crippen molar-refractivity contribution in [2.75, 3.05) is 0 Å². The molecule has 0 radical (unpaired) electrons. The predicted octanol–water partition coefficient (Wildman–Crippen LogP) is 5.02. The van der Waals surface area contributed by atoms with Crippen molar-refractivity contribution >= 4 is 5.78 Å². The highest BCUT2D eigenvalue weighted by atomic mass is 16.5. The van der Waals surface area contributed by atoms with Gasteiger partial charge >= 0.3 is 0 Å². The minimum Gasteiger partial charge on any atom is -0.489 e. The molecule has 0 unspecified atom stereocenters. The Hall–Kier alpha value is -1.31. The van der Waals surface area contributed by atoms with E-state index in [4.69, 9.17) is 4.74 Å². The summed E-state index contributed by atoms with van der Waals surface area (Å²) in [4.78, 5) is 12.7. The molecule has 0 amide bonds. The summed E-state index contributed by atoms with van der Waals surface area (Å²) < 4.78 is 6.14. The fourth-order valence-corrected chi connectivity index (χ4v) is 2.98. The Bertz CT molecular complexity index is 439. The lowest BCUT2D eigenvalue weighted by Gasteiger charge is -2.32. The lowest BCUT2D eigenvalue weighted by atomic mass is 9.83. The van der Waals surface area contributed by atoms with E-state index in [9.17, 15) is 4.79 Å². The first-order valence-corrected chi connectivity index (χ1v) is 8.07. The largest absolute Gasteiger partial charge is 0.489 e. The van der Waals surface area contributed by atoms with Crippen LogP contribution in [0, 0.1) is 5.92 Å². The molecular formula is C18H26O2. The van der Waals surface area contributed by atoms with Gasteiger partial charge in [-0.1, -0.05) is 51.7 Å². The lowest BCUT2D eigenvalue weighted by Crippen LogP contribution is -2.37. The number of unbranched alkanes of at least 4 members (excludes halogenated alkanes) is 3. The van der Waals surface area contributed by atoms with E-state index in [1.165, 1.54) is 12.8 Å². The van der Waals surface area contributed by atoms with Crippen LogP contribution >= 0.6 is 0 Å². The van der Waals surface area contributed by atoms with Crippen molar-refractivity contribution in [3.05, 3.63) is 29.8 Å². The Kier molecular flexibility index (Phi) is 5.63. The summed E-state index contributed by atoms with van der Waals surface area (Å²) in [6.07, 6.45) is 7.85. The Morgan fingerprint density at radius 3 is 2.50 bits per heavy atom. The van der Waals surface area contributed by atoms with Gasteiger partial charge in [0.1, 0.15) is 11.9 Å². The molecule has 0 N–H and O–H groups in total. The van der Waals surface area contributed by atoms with Gasteiger partial charge in [-0.15, -0.1) is 0 Å². The van der Waals surface area contributed by atoms with Crippen LogP contribution in [0.15, 0.2) is 24.3 Å². The standard InChI is InChI=1S/C18H26O2/c1-3-5-7-12-16-14(10-6-4-2)18(19)15-11-8-9-13-17(15)20-16/h8-9,11,13-14,16H,3-7,10,12H2,1-2H3/t14-,16-/m0/s1. The molecule has 2 heteroatoms. The molecule has 1 aliphatic rings. The number of rotatable bonds is 7. The zero-order valence-electron chi connectivity index (χ0n) is 12.7. The van der Waals surface area contributed by atoms with Gasteiger partial charge in [-0.3, -0.25) is 4.79 Å². The second-order valence-electron chi connectivity index (χ2n) is 5.76. The van der Waals surface area contributed by atoms with Crippen LogP contribution in [0.4, 0.5) is 0 Å². The van der Waals surface area contributed by atoms with Gasteiger partial charge in [-0.2, -0.15) is 0 Å². The number of hydrogen-bond acceptors (Lipinski definition) is 2. The van der Waals surface area contributed by atoms with Crippen LogP contribution in [-0.2, 0) is 0 Å². The molecule has 0 aromatic heterocycles. The van der Waals surface area contributed by atoms with Gasteiger partial charge < -0.3 is 4.74 Å². The second-order valence-corrected chi connectivity index (χ2v) is 5.76. The van der Waals surface area contributed by atoms with Crippen LogP contribution in [0.3, 0.4) is 0 Å². The molecule has 0 saturated heterocycles. The maximum absolute atomic E-state index is 12.7. The van der Waals surface area contributed by atoms with Gasteiger partial charge in [0.05, 0.1) is 11.5 Å². The number of Topliss-reactive ketones (excluding diaryl/α,β-unsaturated/α-hetero) is 1. The molecule has 2 nitrogen and oxygen atoms in total. The fourth-order valence-electron chi connectivity index (χ4n) is 2.98. The number of benzene rings is 1. The van der Waals surface area contributed by atoms with Crippen LogP contribution in [0.25, 0.3) is 0 Å². The Morgan fingerprint density at radius 1 is 1.00 bits per heavy atom. The zero-order valence-corrected chi connectivity index (χ0v) is 12.7. The SMILES string of the molecule is CCCCC[C@@H]1Oc2ccccc2C(=O)[C@H]1CCCC. The molecule has 1 aliphatic heterocycles. The van der Waals surface area contributed by atoms with Crippen molar-refractivity contribution in [3.63, 3.8) is 0 Å². The topological polar surface area (TPSA) is 26.3 Å². The number of carbonyl (C=O) groups excluding carboxylic acids is 1. The third-order valence-electron chi connectivity index (χ3n) is 4.18. The monoisotopic (exact) mass is 274 g/mol. The van der Waals surface area contributed by atoms with E-state index in [-0.39, 0.29) is 12.0 Å². The van der Waals surface area contributed by atoms with E-state index < -0.39 is 0 Å². The lowest BCUT2D eigenvalue weighted by molar-refractivity contribution is 0.0604. The third kappa shape index (κ3) is 3.41. The molecule has 2 atom stereocenters. The van der Waals surface area contributed by atoms with E-state index in [1.807, 2.05) is 24.3 Å². The summed E-state index contributed by atoms with van der Waals surface area (Å²) in [7, 11) is 0. The van der Waals surface area contributed by atoms with E-state index in [0.29, 0.717) is 5.78 Å². The van der Waals surface area contributed by atoms with Gasteiger partial charge in [0.2, 0.25) is 0 Å². The first kappa shape index (κ1) is 15.1. The Balaban J connectivity index is 2.14. The smallest absolute Gasteiger partial charge is 0.173 e. The maximum Gasteiger partial charge on any atom is 0.173 e. The van der Waals surface area contributed by atoms with Gasteiger partial charge in [0.15, 0.2) is 5.78 Å². The summed E-state index contributed by atoms with van der Waals surface area (Å²) in [6.45, 7) is 4.38. The molecule has 0 saturated carbocycles. The highest BCUT2D eigenvalue weighted by Crippen LogP contribution is 2.35. The summed E-state index contributed by atoms with van der Waals surface area (Å²) in [6, 6.07) is 7.70.